The first-order valence-corrected chi connectivity index (χ1v) is 12.4. The Morgan fingerprint density at radius 3 is 2.40 bits per heavy atom. The van der Waals surface area contributed by atoms with Gasteiger partial charge in [-0.15, -0.1) is 10.2 Å². The summed E-state index contributed by atoms with van der Waals surface area (Å²) in [5.74, 6) is 1.67. The van der Waals surface area contributed by atoms with Crippen molar-refractivity contribution in [3.63, 3.8) is 0 Å². The van der Waals surface area contributed by atoms with E-state index in [1.807, 2.05) is 70.1 Å². The van der Waals surface area contributed by atoms with Gasteiger partial charge in [0.05, 0.1) is 26.0 Å². The minimum atomic E-state index is -0.208. The van der Waals surface area contributed by atoms with Crippen molar-refractivity contribution >= 4 is 17.7 Å². The van der Waals surface area contributed by atoms with Crippen molar-refractivity contribution in [1.29, 1.82) is 0 Å². The van der Waals surface area contributed by atoms with Crippen LogP contribution in [-0.2, 0) is 11.2 Å². The Bertz CT molecular complexity index is 1310. The van der Waals surface area contributed by atoms with Gasteiger partial charge in [-0.3, -0.25) is 9.36 Å². The van der Waals surface area contributed by atoms with E-state index in [0.29, 0.717) is 23.2 Å². The summed E-state index contributed by atoms with van der Waals surface area (Å²) in [5.41, 5.74) is 4.25. The van der Waals surface area contributed by atoms with E-state index in [2.05, 4.69) is 22.3 Å². The van der Waals surface area contributed by atoms with E-state index in [1.54, 1.807) is 20.5 Å². The van der Waals surface area contributed by atoms with Crippen molar-refractivity contribution in [2.75, 3.05) is 26.5 Å². The van der Waals surface area contributed by atoms with E-state index < -0.39 is 0 Å². The molecule has 5 rings (SSSR count). The molecule has 3 aromatic carbocycles. The second-order valence-electron chi connectivity index (χ2n) is 8.16. The zero-order valence-electron chi connectivity index (χ0n) is 19.6. The molecule has 1 aromatic heterocycles. The molecule has 2 heterocycles. The van der Waals surface area contributed by atoms with Gasteiger partial charge in [0.2, 0.25) is 5.91 Å². The van der Waals surface area contributed by atoms with Crippen LogP contribution in [0.4, 0.5) is 0 Å². The summed E-state index contributed by atoms with van der Waals surface area (Å²) in [6.45, 7) is 0.618. The number of fused-ring (bicyclic) bond motifs is 1. The van der Waals surface area contributed by atoms with Gasteiger partial charge in [0.15, 0.2) is 16.7 Å². The lowest BCUT2D eigenvalue weighted by molar-refractivity contribution is -0.130. The first-order chi connectivity index (χ1) is 17.2. The Balaban J connectivity index is 1.43. The van der Waals surface area contributed by atoms with Gasteiger partial charge in [-0.1, -0.05) is 60.3 Å². The number of hydrogen-bond acceptors (Lipinski definition) is 6. The highest BCUT2D eigenvalue weighted by molar-refractivity contribution is 7.99. The summed E-state index contributed by atoms with van der Waals surface area (Å²) in [6, 6.07) is 23.8. The number of aromatic nitrogens is 3. The molecule has 178 valence electrons. The maximum Gasteiger partial charge on any atom is 0.233 e. The maximum absolute atomic E-state index is 13.6. The van der Waals surface area contributed by atoms with Crippen molar-refractivity contribution in [3.8, 4) is 17.2 Å². The Labute approximate surface area is 208 Å². The number of methoxy groups -OCH3 is 2. The molecular weight excluding hydrogens is 460 g/mol. The number of rotatable bonds is 7. The molecule has 8 heteroatoms. The van der Waals surface area contributed by atoms with Crippen molar-refractivity contribution in [2.45, 2.75) is 17.6 Å². The van der Waals surface area contributed by atoms with Crippen molar-refractivity contribution in [3.05, 3.63) is 95.8 Å². The summed E-state index contributed by atoms with van der Waals surface area (Å²) in [7, 11) is 3.27. The lowest BCUT2D eigenvalue weighted by Crippen LogP contribution is -2.41. The van der Waals surface area contributed by atoms with E-state index in [1.165, 1.54) is 11.8 Å². The Hall–Kier alpha value is -3.78. The lowest BCUT2D eigenvalue weighted by atomic mass is 9.87. The average Bonchev–Trinajstić information content (AvgIpc) is 3.40. The van der Waals surface area contributed by atoms with Gasteiger partial charge in [-0.25, -0.2) is 0 Å². The zero-order chi connectivity index (χ0) is 24.2. The molecule has 1 amide bonds. The molecule has 1 atom stereocenters. The van der Waals surface area contributed by atoms with E-state index in [9.17, 15) is 4.79 Å². The zero-order valence-corrected chi connectivity index (χ0v) is 20.4. The molecule has 0 aliphatic carbocycles. The molecule has 0 saturated heterocycles. The summed E-state index contributed by atoms with van der Waals surface area (Å²) >= 11 is 1.40. The summed E-state index contributed by atoms with van der Waals surface area (Å²) in [6.07, 6.45) is 2.42. The third-order valence-electron chi connectivity index (χ3n) is 6.18. The van der Waals surface area contributed by atoms with Gasteiger partial charge in [-0.2, -0.15) is 0 Å². The van der Waals surface area contributed by atoms with E-state index >= 15 is 0 Å². The maximum atomic E-state index is 13.6. The highest BCUT2D eigenvalue weighted by Crippen LogP contribution is 2.41. The van der Waals surface area contributed by atoms with Gasteiger partial charge in [0.1, 0.15) is 6.33 Å². The van der Waals surface area contributed by atoms with Crippen LogP contribution in [0.2, 0.25) is 0 Å². The first kappa shape index (κ1) is 23.0. The quantitative estimate of drug-likeness (QED) is 0.357. The molecule has 7 nitrogen and oxygen atoms in total. The number of para-hydroxylation sites is 1. The standard InChI is InChI=1S/C27H26N4O3S/c1-33-23-15-20-13-14-30(26(19-9-5-3-6-10-19)22(20)16-24(23)34-2)25(32)17-35-27-29-28-18-31(27)21-11-7-4-8-12-21/h3-12,15-16,18,26H,13-14,17H2,1-2H3/t26-/m0/s1. The van der Waals surface area contributed by atoms with Gasteiger partial charge in [-0.05, 0) is 47.4 Å². The van der Waals surface area contributed by atoms with Gasteiger partial charge >= 0.3 is 0 Å². The molecule has 1 aliphatic rings. The van der Waals surface area contributed by atoms with Crippen molar-refractivity contribution in [2.24, 2.45) is 0 Å². The lowest BCUT2D eigenvalue weighted by Gasteiger charge is -2.38. The third kappa shape index (κ3) is 4.61. The van der Waals surface area contributed by atoms with Crippen LogP contribution in [-0.4, -0.2) is 52.1 Å². The molecular formula is C27H26N4O3S. The molecule has 0 radical (unpaired) electrons. The molecule has 0 N–H and O–H groups in total. The summed E-state index contributed by atoms with van der Waals surface area (Å²) in [4.78, 5) is 15.6. The van der Waals surface area contributed by atoms with E-state index in [-0.39, 0.29) is 17.7 Å². The van der Waals surface area contributed by atoms with Gasteiger partial charge < -0.3 is 14.4 Å². The van der Waals surface area contributed by atoms with E-state index in [4.69, 9.17) is 9.47 Å². The van der Waals surface area contributed by atoms with Crippen LogP contribution >= 0.6 is 11.8 Å². The molecule has 4 aromatic rings. The monoisotopic (exact) mass is 486 g/mol. The number of ether oxygens (including phenoxy) is 2. The van der Waals surface area contributed by atoms with Gasteiger partial charge in [0.25, 0.3) is 0 Å². The molecule has 0 fully saturated rings. The minimum Gasteiger partial charge on any atom is -0.493 e. The molecule has 0 saturated carbocycles. The third-order valence-corrected chi connectivity index (χ3v) is 7.11. The predicted octanol–water partition coefficient (Wildman–Crippen LogP) is 4.55. The van der Waals surface area contributed by atoms with Crippen molar-refractivity contribution in [1.82, 2.24) is 19.7 Å². The molecule has 35 heavy (non-hydrogen) atoms. The van der Waals surface area contributed by atoms with Gasteiger partial charge in [0, 0.05) is 12.2 Å². The summed E-state index contributed by atoms with van der Waals surface area (Å²) in [5, 5.41) is 8.98. The average molecular weight is 487 g/mol. The van der Waals surface area contributed by atoms with Crippen molar-refractivity contribution < 1.29 is 14.3 Å². The first-order valence-electron chi connectivity index (χ1n) is 11.4. The highest BCUT2D eigenvalue weighted by Gasteiger charge is 2.33. The fraction of sp³-hybridized carbons (Fsp3) is 0.222. The van der Waals surface area contributed by atoms with Crippen LogP contribution in [0.15, 0.2) is 84.3 Å². The van der Waals surface area contributed by atoms with Crippen LogP contribution in [0.3, 0.4) is 0 Å². The predicted molar refractivity (Wildman–Crippen MR) is 135 cm³/mol. The largest absolute Gasteiger partial charge is 0.493 e. The topological polar surface area (TPSA) is 69.5 Å². The second-order valence-corrected chi connectivity index (χ2v) is 9.11. The number of benzene rings is 3. The SMILES string of the molecule is COc1cc2c(cc1OC)[C@H](c1ccccc1)N(C(=O)CSc1nncn1-c1ccccc1)CC2. The van der Waals surface area contributed by atoms with Crippen LogP contribution < -0.4 is 9.47 Å². The van der Waals surface area contributed by atoms with Crippen LogP contribution in [0.25, 0.3) is 5.69 Å². The number of thioether (sulfide) groups is 1. The van der Waals surface area contributed by atoms with E-state index in [0.717, 1.165) is 28.8 Å². The number of carbonyl (C=O) groups is 1. The fourth-order valence-electron chi connectivity index (χ4n) is 4.51. The number of hydrogen-bond donors (Lipinski definition) is 0. The molecule has 0 spiro atoms. The Morgan fingerprint density at radius 1 is 1.00 bits per heavy atom. The van der Waals surface area contributed by atoms with Crippen LogP contribution in [0.5, 0.6) is 11.5 Å². The number of amides is 1. The van der Waals surface area contributed by atoms with Crippen LogP contribution in [0, 0.1) is 0 Å². The second kappa shape index (κ2) is 10.2. The summed E-state index contributed by atoms with van der Waals surface area (Å²) < 4.78 is 13.0. The molecule has 1 aliphatic heterocycles. The fourth-order valence-corrected chi connectivity index (χ4v) is 5.32. The molecule has 0 bridgehead atoms. The smallest absolute Gasteiger partial charge is 0.233 e. The normalized spacial score (nSPS) is 14.9. The van der Waals surface area contributed by atoms with Crippen LogP contribution in [0.1, 0.15) is 22.7 Å². The number of nitrogens with zero attached hydrogens (tertiary/aromatic N) is 4. The minimum absolute atomic E-state index is 0.0481. The molecule has 0 unspecified atom stereocenters. The highest BCUT2D eigenvalue weighted by atomic mass is 32.2. The number of carbonyl (C=O) groups excluding carboxylic acids is 1. The Morgan fingerprint density at radius 2 is 1.69 bits per heavy atom. The Kier molecular flexibility index (Phi) is 6.72.